The third-order valence-corrected chi connectivity index (χ3v) is 4.16. The van der Waals surface area contributed by atoms with Crippen LogP contribution in [0.15, 0.2) is 47.0 Å². The van der Waals surface area contributed by atoms with Gasteiger partial charge in [0.1, 0.15) is 23.9 Å². The molecule has 0 fully saturated rings. The molecular weight excluding hydrogens is 336 g/mol. The van der Waals surface area contributed by atoms with Crippen molar-refractivity contribution in [3.05, 3.63) is 53.7 Å². The Morgan fingerprint density at radius 3 is 2.81 bits per heavy atom. The Kier molecular flexibility index (Phi) is 3.96. The zero-order valence-electron chi connectivity index (χ0n) is 14.2. The van der Waals surface area contributed by atoms with Gasteiger partial charge in [0.25, 0.3) is 5.91 Å². The highest BCUT2D eigenvalue weighted by Gasteiger charge is 2.29. The van der Waals surface area contributed by atoms with Crippen LogP contribution in [0.4, 0.5) is 5.69 Å². The van der Waals surface area contributed by atoms with Crippen LogP contribution in [0.1, 0.15) is 16.1 Å². The van der Waals surface area contributed by atoms with E-state index < -0.39 is 5.91 Å². The first kappa shape index (κ1) is 16.0. The molecule has 26 heavy (non-hydrogen) atoms. The smallest absolute Gasteiger partial charge is 0.278 e. The number of nitrogens with zero attached hydrogens (tertiary/aromatic N) is 1. The molecular formula is C19H16N2O5. The van der Waals surface area contributed by atoms with Crippen LogP contribution in [0.5, 0.6) is 17.2 Å². The number of amides is 1. The summed E-state index contributed by atoms with van der Waals surface area (Å²) >= 11 is 0. The minimum absolute atomic E-state index is 0.180. The Balaban J connectivity index is 1.67. The summed E-state index contributed by atoms with van der Waals surface area (Å²) in [7, 11) is 3.08. The second-order valence-corrected chi connectivity index (χ2v) is 5.64. The van der Waals surface area contributed by atoms with Gasteiger partial charge >= 0.3 is 0 Å². The number of para-hydroxylation sites is 1. The summed E-state index contributed by atoms with van der Waals surface area (Å²) in [6.07, 6.45) is 0. The van der Waals surface area contributed by atoms with Gasteiger partial charge in [-0.3, -0.25) is 4.79 Å². The summed E-state index contributed by atoms with van der Waals surface area (Å²) in [4.78, 5) is 12.7. The predicted octanol–water partition coefficient (Wildman–Crippen LogP) is 3.50. The molecule has 7 heteroatoms. The topological polar surface area (TPSA) is 82.8 Å². The van der Waals surface area contributed by atoms with Gasteiger partial charge in [-0.25, -0.2) is 0 Å². The Labute approximate surface area is 149 Å². The van der Waals surface area contributed by atoms with E-state index in [0.717, 1.165) is 5.56 Å². The molecule has 1 aromatic heterocycles. The van der Waals surface area contributed by atoms with Crippen LogP contribution < -0.4 is 19.5 Å². The van der Waals surface area contributed by atoms with Crippen LogP contribution in [0.3, 0.4) is 0 Å². The summed E-state index contributed by atoms with van der Waals surface area (Å²) in [5.74, 6) is 1.95. The first-order valence-electron chi connectivity index (χ1n) is 7.95. The van der Waals surface area contributed by atoms with E-state index in [4.69, 9.17) is 18.7 Å². The van der Waals surface area contributed by atoms with E-state index in [2.05, 4.69) is 10.5 Å². The van der Waals surface area contributed by atoms with Gasteiger partial charge in [0.15, 0.2) is 11.5 Å². The molecule has 0 bridgehead atoms. The van der Waals surface area contributed by atoms with Crippen LogP contribution in [0.25, 0.3) is 11.3 Å². The number of ether oxygens (including phenoxy) is 3. The fraction of sp³-hybridized carbons (Fsp3) is 0.158. The highest BCUT2D eigenvalue weighted by atomic mass is 16.5. The highest BCUT2D eigenvalue weighted by Crippen LogP contribution is 2.39. The maximum atomic E-state index is 12.7. The Morgan fingerprint density at radius 1 is 1.15 bits per heavy atom. The largest absolute Gasteiger partial charge is 0.497 e. The van der Waals surface area contributed by atoms with Crippen molar-refractivity contribution < 1.29 is 23.5 Å². The standard InChI is InChI=1S/C19H16N2O5/c1-23-11-7-8-16(24-2)14(9-11)20-19(22)17-13-10-25-15-6-4-3-5-12(15)18(13)26-21-17/h3-9H,10H2,1-2H3,(H,20,22). The van der Waals surface area contributed by atoms with Crippen molar-refractivity contribution in [1.82, 2.24) is 5.16 Å². The average Bonchev–Trinajstić information content (AvgIpc) is 3.12. The minimum atomic E-state index is -0.412. The Morgan fingerprint density at radius 2 is 2.00 bits per heavy atom. The first-order chi connectivity index (χ1) is 12.7. The normalized spacial score (nSPS) is 11.8. The van der Waals surface area contributed by atoms with Gasteiger partial charge in [-0.1, -0.05) is 17.3 Å². The lowest BCUT2D eigenvalue weighted by Gasteiger charge is -2.16. The zero-order chi connectivity index (χ0) is 18.1. The van der Waals surface area contributed by atoms with Gasteiger partial charge in [0.2, 0.25) is 0 Å². The Bertz CT molecular complexity index is 980. The number of fused-ring (bicyclic) bond motifs is 3. The van der Waals surface area contributed by atoms with E-state index in [0.29, 0.717) is 34.3 Å². The molecule has 0 radical (unpaired) electrons. The number of aromatic nitrogens is 1. The summed E-state index contributed by atoms with van der Waals surface area (Å²) in [5, 5.41) is 6.74. The third-order valence-electron chi connectivity index (χ3n) is 4.16. The summed E-state index contributed by atoms with van der Waals surface area (Å²) in [6, 6.07) is 12.6. The number of hydrogen-bond donors (Lipinski definition) is 1. The van der Waals surface area contributed by atoms with E-state index in [-0.39, 0.29) is 12.3 Å². The molecule has 2 aromatic carbocycles. The van der Waals surface area contributed by atoms with Crippen molar-refractivity contribution in [3.8, 4) is 28.6 Å². The molecule has 132 valence electrons. The second-order valence-electron chi connectivity index (χ2n) is 5.64. The predicted molar refractivity (Wildman–Crippen MR) is 93.8 cm³/mol. The first-order valence-corrected chi connectivity index (χ1v) is 7.95. The summed E-state index contributed by atoms with van der Waals surface area (Å²) in [6.45, 7) is 0.216. The lowest BCUT2D eigenvalue weighted by Crippen LogP contribution is -2.17. The van der Waals surface area contributed by atoms with Gasteiger partial charge in [-0.2, -0.15) is 0 Å². The molecule has 3 aromatic rings. The number of carbonyl (C=O) groups excluding carboxylic acids is 1. The van der Waals surface area contributed by atoms with Crippen LogP contribution in [-0.2, 0) is 6.61 Å². The van der Waals surface area contributed by atoms with E-state index in [1.807, 2.05) is 24.3 Å². The van der Waals surface area contributed by atoms with Crippen molar-refractivity contribution in [2.75, 3.05) is 19.5 Å². The van der Waals surface area contributed by atoms with Crippen molar-refractivity contribution in [1.29, 1.82) is 0 Å². The quantitative estimate of drug-likeness (QED) is 0.774. The van der Waals surface area contributed by atoms with Crippen molar-refractivity contribution in [2.45, 2.75) is 6.61 Å². The van der Waals surface area contributed by atoms with Crippen molar-refractivity contribution >= 4 is 11.6 Å². The monoisotopic (exact) mass is 352 g/mol. The molecule has 1 amide bonds. The number of hydrogen-bond acceptors (Lipinski definition) is 6. The molecule has 1 N–H and O–H groups in total. The lowest BCUT2D eigenvalue weighted by atomic mass is 10.0. The Hall–Kier alpha value is -3.48. The molecule has 0 saturated carbocycles. The van der Waals surface area contributed by atoms with E-state index >= 15 is 0 Å². The second kappa shape index (κ2) is 6.44. The maximum Gasteiger partial charge on any atom is 0.278 e. The fourth-order valence-electron chi connectivity index (χ4n) is 2.86. The SMILES string of the molecule is COc1ccc(OC)c(NC(=O)c2noc3c2COc2ccccc2-3)c1. The molecule has 2 heterocycles. The number of nitrogens with one attached hydrogen (secondary N) is 1. The fourth-order valence-corrected chi connectivity index (χ4v) is 2.86. The number of methoxy groups -OCH3 is 2. The van der Waals surface area contributed by atoms with Crippen molar-refractivity contribution in [3.63, 3.8) is 0 Å². The van der Waals surface area contributed by atoms with Gasteiger partial charge < -0.3 is 24.1 Å². The summed E-state index contributed by atoms with van der Waals surface area (Å²) < 4.78 is 21.6. The van der Waals surface area contributed by atoms with E-state index in [1.165, 1.54) is 7.11 Å². The number of carbonyl (C=O) groups is 1. The van der Waals surface area contributed by atoms with E-state index in [1.54, 1.807) is 25.3 Å². The van der Waals surface area contributed by atoms with Crippen LogP contribution in [-0.4, -0.2) is 25.3 Å². The molecule has 0 unspecified atom stereocenters. The molecule has 7 nitrogen and oxygen atoms in total. The van der Waals surface area contributed by atoms with Gasteiger partial charge in [0, 0.05) is 6.07 Å². The number of anilines is 1. The highest BCUT2D eigenvalue weighted by molar-refractivity contribution is 6.05. The van der Waals surface area contributed by atoms with Crippen molar-refractivity contribution in [2.24, 2.45) is 0 Å². The molecule has 1 aliphatic rings. The molecule has 0 atom stereocenters. The lowest BCUT2D eigenvalue weighted by molar-refractivity contribution is 0.101. The van der Waals surface area contributed by atoms with Gasteiger partial charge in [0.05, 0.1) is 31.0 Å². The average molecular weight is 352 g/mol. The van der Waals surface area contributed by atoms with Crippen LogP contribution >= 0.6 is 0 Å². The molecule has 0 spiro atoms. The molecule has 0 saturated heterocycles. The van der Waals surface area contributed by atoms with Gasteiger partial charge in [-0.15, -0.1) is 0 Å². The third kappa shape index (κ3) is 2.63. The van der Waals surface area contributed by atoms with E-state index in [9.17, 15) is 4.79 Å². The number of benzene rings is 2. The number of rotatable bonds is 4. The minimum Gasteiger partial charge on any atom is -0.497 e. The molecule has 0 aliphatic carbocycles. The zero-order valence-corrected chi connectivity index (χ0v) is 14.2. The summed E-state index contributed by atoms with van der Waals surface area (Å²) in [5.41, 5.74) is 2.05. The van der Waals surface area contributed by atoms with Crippen LogP contribution in [0, 0.1) is 0 Å². The van der Waals surface area contributed by atoms with Gasteiger partial charge in [-0.05, 0) is 24.3 Å². The van der Waals surface area contributed by atoms with Crippen LogP contribution in [0.2, 0.25) is 0 Å². The molecule has 1 aliphatic heterocycles. The molecule has 4 rings (SSSR count). The maximum absolute atomic E-state index is 12.7.